The van der Waals surface area contributed by atoms with Gasteiger partial charge in [0.15, 0.2) is 0 Å². The predicted molar refractivity (Wildman–Crippen MR) is 64.7 cm³/mol. The Labute approximate surface area is 102 Å². The second-order valence-electron chi connectivity index (χ2n) is 5.12. The number of hydrogen-bond donors (Lipinski definition) is 2. The van der Waals surface area contributed by atoms with Crippen molar-refractivity contribution in [1.82, 2.24) is 10.2 Å². The molecule has 98 valence electrons. The molecule has 0 aromatic rings. The molecule has 1 atom stereocenters. The highest BCUT2D eigenvalue weighted by atomic mass is 16.4. The first-order valence-corrected chi connectivity index (χ1v) is 6.12. The van der Waals surface area contributed by atoms with Gasteiger partial charge in [-0.25, -0.2) is 4.79 Å². The van der Waals surface area contributed by atoms with Crippen molar-refractivity contribution in [3.05, 3.63) is 0 Å². The molecule has 5 heteroatoms. The van der Waals surface area contributed by atoms with E-state index < -0.39 is 11.5 Å². The first-order chi connectivity index (χ1) is 7.87. The summed E-state index contributed by atoms with van der Waals surface area (Å²) in [5, 5.41) is 12.3. The Bertz CT molecular complexity index is 294. The minimum Gasteiger partial charge on any atom is -0.480 e. The van der Waals surface area contributed by atoms with Crippen molar-refractivity contribution in [2.75, 3.05) is 13.6 Å². The fraction of sp³-hybridized carbons (Fsp3) is 0.833. The lowest BCUT2D eigenvalue weighted by Gasteiger charge is -2.34. The average Bonchev–Trinajstić information content (AvgIpc) is 2.55. The maximum Gasteiger partial charge on any atom is 0.329 e. The van der Waals surface area contributed by atoms with E-state index in [-0.39, 0.29) is 11.9 Å². The summed E-state index contributed by atoms with van der Waals surface area (Å²) in [6, 6.07) is -0.235. The molecule has 0 aliphatic carbocycles. The number of hydrogen-bond acceptors (Lipinski definition) is 3. The molecule has 0 saturated carbocycles. The second-order valence-corrected chi connectivity index (χ2v) is 5.12. The summed E-state index contributed by atoms with van der Waals surface area (Å²) in [5.41, 5.74) is -1.16. The molecule has 1 fully saturated rings. The molecule has 2 N–H and O–H groups in total. The Morgan fingerprint density at radius 2 is 1.94 bits per heavy atom. The van der Waals surface area contributed by atoms with Gasteiger partial charge in [0.25, 0.3) is 0 Å². The lowest BCUT2D eigenvalue weighted by molar-refractivity contribution is -0.156. The Morgan fingerprint density at radius 1 is 1.29 bits per heavy atom. The first-order valence-electron chi connectivity index (χ1n) is 6.12. The van der Waals surface area contributed by atoms with Gasteiger partial charge in [-0.3, -0.25) is 4.79 Å². The number of carbonyl (C=O) groups excluding carboxylic acids is 1. The zero-order valence-corrected chi connectivity index (χ0v) is 10.8. The van der Waals surface area contributed by atoms with E-state index in [1.54, 1.807) is 20.9 Å². The van der Waals surface area contributed by atoms with Crippen LogP contribution < -0.4 is 5.32 Å². The molecule has 0 aromatic heterocycles. The fourth-order valence-electron chi connectivity index (χ4n) is 1.89. The quantitative estimate of drug-likeness (QED) is 0.769. The Hall–Kier alpha value is -1.10. The van der Waals surface area contributed by atoms with Crippen LogP contribution in [0.3, 0.4) is 0 Å². The van der Waals surface area contributed by atoms with Gasteiger partial charge in [-0.1, -0.05) is 12.8 Å². The number of carbonyl (C=O) groups is 2. The van der Waals surface area contributed by atoms with Gasteiger partial charge in [0.2, 0.25) is 5.91 Å². The molecule has 1 amide bonds. The molecule has 1 unspecified atom stereocenters. The van der Waals surface area contributed by atoms with Crippen LogP contribution in [-0.2, 0) is 9.59 Å². The van der Waals surface area contributed by atoms with Gasteiger partial charge in [-0.15, -0.1) is 0 Å². The normalized spacial score (nSPS) is 21.7. The van der Waals surface area contributed by atoms with Crippen molar-refractivity contribution < 1.29 is 14.7 Å². The molecule has 1 saturated heterocycles. The molecule has 0 radical (unpaired) electrons. The van der Waals surface area contributed by atoms with E-state index in [0.717, 1.165) is 32.2 Å². The van der Waals surface area contributed by atoms with Crippen molar-refractivity contribution in [1.29, 1.82) is 0 Å². The third kappa shape index (κ3) is 3.19. The molecule has 1 rings (SSSR count). The zero-order chi connectivity index (χ0) is 13.1. The van der Waals surface area contributed by atoms with E-state index in [2.05, 4.69) is 5.32 Å². The van der Waals surface area contributed by atoms with Crippen molar-refractivity contribution in [3.63, 3.8) is 0 Å². The highest BCUT2D eigenvalue weighted by Crippen LogP contribution is 2.17. The lowest BCUT2D eigenvalue weighted by Crippen LogP contribution is -2.56. The Balaban J connectivity index is 2.71. The standard InChI is InChI=1S/C12H22N2O3/c1-12(2,11(16)17)14(3)10(15)9-7-5-4-6-8-13-9/h9,13H,4-8H2,1-3H3,(H,16,17). The van der Waals surface area contributed by atoms with Crippen LogP contribution in [0.1, 0.15) is 39.5 Å². The van der Waals surface area contributed by atoms with E-state index in [1.165, 1.54) is 4.90 Å². The summed E-state index contributed by atoms with van der Waals surface area (Å²) in [6.07, 6.45) is 4.02. The van der Waals surface area contributed by atoms with Crippen molar-refractivity contribution in [2.45, 2.75) is 51.1 Å². The smallest absolute Gasteiger partial charge is 0.329 e. The largest absolute Gasteiger partial charge is 0.480 e. The molecule has 0 bridgehead atoms. The summed E-state index contributed by atoms with van der Waals surface area (Å²) in [4.78, 5) is 24.6. The highest BCUT2D eigenvalue weighted by Gasteiger charge is 2.37. The molecular weight excluding hydrogens is 220 g/mol. The van der Waals surface area contributed by atoms with Crippen LogP contribution in [0, 0.1) is 0 Å². The van der Waals surface area contributed by atoms with E-state index in [0.29, 0.717) is 0 Å². The number of amides is 1. The van der Waals surface area contributed by atoms with Gasteiger partial charge in [0.1, 0.15) is 5.54 Å². The maximum absolute atomic E-state index is 12.2. The number of carboxylic acids is 1. The van der Waals surface area contributed by atoms with Gasteiger partial charge in [0.05, 0.1) is 6.04 Å². The Kier molecular flexibility index (Phi) is 4.51. The van der Waals surface area contributed by atoms with E-state index in [4.69, 9.17) is 5.11 Å². The van der Waals surface area contributed by atoms with Crippen LogP contribution in [0.2, 0.25) is 0 Å². The molecule has 1 aliphatic heterocycles. The number of nitrogens with one attached hydrogen (secondary N) is 1. The number of aliphatic carboxylic acids is 1. The summed E-state index contributed by atoms with van der Waals surface area (Å²) in [6.45, 7) is 3.92. The van der Waals surface area contributed by atoms with Crippen LogP contribution >= 0.6 is 0 Å². The van der Waals surface area contributed by atoms with Gasteiger partial charge in [-0.05, 0) is 33.2 Å². The van der Waals surface area contributed by atoms with E-state index >= 15 is 0 Å². The van der Waals surface area contributed by atoms with Crippen LogP contribution in [0.15, 0.2) is 0 Å². The minimum absolute atomic E-state index is 0.126. The third-order valence-electron chi connectivity index (χ3n) is 3.55. The number of likely N-dealkylation sites (N-methyl/N-ethyl adjacent to an activating group) is 1. The monoisotopic (exact) mass is 242 g/mol. The van der Waals surface area contributed by atoms with Gasteiger partial charge >= 0.3 is 5.97 Å². The summed E-state index contributed by atoms with van der Waals surface area (Å²) in [5.74, 6) is -1.11. The molecule has 1 heterocycles. The molecule has 17 heavy (non-hydrogen) atoms. The number of rotatable bonds is 3. The average molecular weight is 242 g/mol. The fourth-order valence-corrected chi connectivity index (χ4v) is 1.89. The van der Waals surface area contributed by atoms with E-state index in [1.807, 2.05) is 0 Å². The molecule has 5 nitrogen and oxygen atoms in total. The van der Waals surface area contributed by atoms with Gasteiger partial charge in [0, 0.05) is 7.05 Å². The summed E-state index contributed by atoms with van der Waals surface area (Å²) < 4.78 is 0. The van der Waals surface area contributed by atoms with Gasteiger partial charge < -0.3 is 15.3 Å². The van der Waals surface area contributed by atoms with Crippen LogP contribution in [0.5, 0.6) is 0 Å². The van der Waals surface area contributed by atoms with Gasteiger partial charge in [-0.2, -0.15) is 0 Å². The van der Waals surface area contributed by atoms with Crippen molar-refractivity contribution in [2.24, 2.45) is 0 Å². The number of carboxylic acid groups (broad SMARTS) is 1. The molecule has 0 aromatic carbocycles. The number of nitrogens with zero attached hydrogens (tertiary/aromatic N) is 1. The third-order valence-corrected chi connectivity index (χ3v) is 3.55. The molecule has 0 spiro atoms. The molecular formula is C12H22N2O3. The van der Waals surface area contributed by atoms with Crippen LogP contribution in [0.4, 0.5) is 0 Å². The SMILES string of the molecule is CN(C(=O)C1CCCCCN1)C(C)(C)C(=O)O. The first kappa shape index (κ1) is 14.0. The topological polar surface area (TPSA) is 69.6 Å². The zero-order valence-electron chi connectivity index (χ0n) is 10.8. The second kappa shape index (κ2) is 5.49. The van der Waals surface area contributed by atoms with Crippen molar-refractivity contribution >= 4 is 11.9 Å². The van der Waals surface area contributed by atoms with Crippen LogP contribution in [0.25, 0.3) is 0 Å². The molecule has 1 aliphatic rings. The van der Waals surface area contributed by atoms with Crippen molar-refractivity contribution in [3.8, 4) is 0 Å². The summed E-state index contributed by atoms with van der Waals surface area (Å²) >= 11 is 0. The van der Waals surface area contributed by atoms with Crippen LogP contribution in [-0.4, -0.2) is 47.1 Å². The maximum atomic E-state index is 12.2. The highest BCUT2D eigenvalue weighted by molar-refractivity contribution is 5.88. The Morgan fingerprint density at radius 3 is 2.53 bits per heavy atom. The minimum atomic E-state index is -1.16. The predicted octanol–water partition coefficient (Wildman–Crippen LogP) is 0.840. The summed E-state index contributed by atoms with van der Waals surface area (Å²) in [7, 11) is 1.56. The van der Waals surface area contributed by atoms with E-state index in [9.17, 15) is 9.59 Å². The lowest BCUT2D eigenvalue weighted by atomic mass is 10.0.